The maximum absolute atomic E-state index is 11.5. The lowest BCUT2D eigenvalue weighted by atomic mass is 10.1. The molecule has 1 atom stereocenters. The van der Waals surface area contributed by atoms with E-state index in [1.165, 1.54) is 6.08 Å². The van der Waals surface area contributed by atoms with Crippen LogP contribution in [0.3, 0.4) is 0 Å². The summed E-state index contributed by atoms with van der Waals surface area (Å²) in [4.78, 5) is 21.9. The number of rotatable bonds is 6. The Balaban J connectivity index is 2.46. The van der Waals surface area contributed by atoms with E-state index in [1.54, 1.807) is 6.08 Å². The Bertz CT molecular complexity index is 528. The highest BCUT2D eigenvalue weighted by Gasteiger charge is 2.12. The monoisotopic (exact) mass is 341 g/mol. The second kappa shape index (κ2) is 7.81. The lowest BCUT2D eigenvalue weighted by Gasteiger charge is -2.05. The van der Waals surface area contributed by atoms with Crippen LogP contribution in [0.1, 0.15) is 17.5 Å². The Labute approximate surface area is 125 Å². The Morgan fingerprint density at radius 2 is 2.15 bits per heavy atom. The average molecular weight is 342 g/mol. The molecule has 1 amide bonds. The molecule has 0 aliphatic carbocycles. The minimum absolute atomic E-state index is 0.0247. The molecule has 6 heteroatoms. The number of halogens is 1. The van der Waals surface area contributed by atoms with Crippen LogP contribution in [-0.2, 0) is 9.59 Å². The summed E-state index contributed by atoms with van der Waals surface area (Å²) >= 11 is 3.40. The summed E-state index contributed by atoms with van der Waals surface area (Å²) in [5, 5.41) is 20.0. The van der Waals surface area contributed by atoms with Crippen molar-refractivity contribution in [1.82, 2.24) is 5.32 Å². The van der Waals surface area contributed by atoms with Crippen molar-refractivity contribution < 1.29 is 19.8 Å². The van der Waals surface area contributed by atoms with Crippen molar-refractivity contribution in [3.8, 4) is 0 Å². The lowest BCUT2D eigenvalue weighted by Crippen LogP contribution is -2.28. The highest BCUT2D eigenvalue weighted by Crippen LogP contribution is 2.19. The molecule has 0 aliphatic rings. The van der Waals surface area contributed by atoms with Gasteiger partial charge in [0, 0.05) is 23.5 Å². The first-order valence-electron chi connectivity index (χ1n) is 6.03. The Kier molecular flexibility index (Phi) is 6.41. The molecule has 0 heterocycles. The number of carbonyl (C=O) groups is 2. The van der Waals surface area contributed by atoms with E-state index in [4.69, 9.17) is 10.2 Å². The van der Waals surface area contributed by atoms with Gasteiger partial charge in [0.25, 0.3) is 0 Å². The first-order valence-corrected chi connectivity index (χ1v) is 6.82. The van der Waals surface area contributed by atoms with Crippen molar-refractivity contribution >= 4 is 33.9 Å². The van der Waals surface area contributed by atoms with E-state index in [-0.39, 0.29) is 18.9 Å². The van der Waals surface area contributed by atoms with Crippen LogP contribution in [0, 0.1) is 6.92 Å². The van der Waals surface area contributed by atoms with E-state index >= 15 is 0 Å². The number of carbonyl (C=O) groups excluding carboxylic acids is 1. The third kappa shape index (κ3) is 5.54. The molecule has 5 nitrogen and oxygen atoms in total. The second-order valence-electron chi connectivity index (χ2n) is 4.29. The molecule has 1 aromatic carbocycles. The summed E-state index contributed by atoms with van der Waals surface area (Å²) in [5.41, 5.74) is 1.98. The fourth-order valence-electron chi connectivity index (χ4n) is 1.45. The van der Waals surface area contributed by atoms with Crippen LogP contribution in [0.25, 0.3) is 6.08 Å². The van der Waals surface area contributed by atoms with Crippen LogP contribution in [0.15, 0.2) is 28.7 Å². The summed E-state index contributed by atoms with van der Waals surface area (Å²) in [7, 11) is 0. The number of hydrogen-bond acceptors (Lipinski definition) is 3. The van der Waals surface area contributed by atoms with Gasteiger partial charge in [-0.2, -0.15) is 0 Å². The summed E-state index contributed by atoms with van der Waals surface area (Å²) in [6.07, 6.45) is 1.54. The number of amides is 1. The minimum Gasteiger partial charge on any atom is -0.479 e. The number of aliphatic carboxylic acids is 1. The maximum atomic E-state index is 11.5. The summed E-state index contributed by atoms with van der Waals surface area (Å²) in [5.74, 6) is -1.63. The van der Waals surface area contributed by atoms with Crippen molar-refractivity contribution in [2.45, 2.75) is 19.4 Å². The first kappa shape index (κ1) is 16.4. The molecule has 0 radical (unpaired) electrons. The Hall–Kier alpha value is -1.66. The van der Waals surface area contributed by atoms with E-state index in [0.29, 0.717) is 0 Å². The molecule has 108 valence electrons. The van der Waals surface area contributed by atoms with E-state index in [1.807, 2.05) is 25.1 Å². The van der Waals surface area contributed by atoms with Crippen LogP contribution >= 0.6 is 15.9 Å². The van der Waals surface area contributed by atoms with Gasteiger partial charge in [0.2, 0.25) is 5.91 Å². The van der Waals surface area contributed by atoms with Crippen molar-refractivity contribution in [3.63, 3.8) is 0 Å². The Morgan fingerprint density at radius 1 is 1.45 bits per heavy atom. The molecule has 0 aliphatic heterocycles. The van der Waals surface area contributed by atoms with E-state index in [0.717, 1.165) is 15.6 Å². The van der Waals surface area contributed by atoms with E-state index < -0.39 is 12.1 Å². The minimum atomic E-state index is -1.45. The van der Waals surface area contributed by atoms with Gasteiger partial charge in [0.15, 0.2) is 6.10 Å². The summed E-state index contributed by atoms with van der Waals surface area (Å²) in [6, 6.07) is 5.77. The number of nitrogens with one attached hydrogen (secondary N) is 1. The van der Waals surface area contributed by atoms with Gasteiger partial charge < -0.3 is 15.5 Å². The molecule has 0 unspecified atom stereocenters. The summed E-state index contributed by atoms with van der Waals surface area (Å²) in [6.45, 7) is 2.07. The van der Waals surface area contributed by atoms with Gasteiger partial charge in [-0.3, -0.25) is 4.79 Å². The third-order valence-electron chi connectivity index (χ3n) is 2.57. The quantitative estimate of drug-likeness (QED) is 0.687. The number of benzene rings is 1. The maximum Gasteiger partial charge on any atom is 0.332 e. The highest BCUT2D eigenvalue weighted by molar-refractivity contribution is 9.10. The van der Waals surface area contributed by atoms with Gasteiger partial charge in [-0.15, -0.1) is 0 Å². The zero-order chi connectivity index (χ0) is 15.1. The van der Waals surface area contributed by atoms with Crippen LogP contribution in [0.2, 0.25) is 0 Å². The molecular formula is C14H16BrNO4. The zero-order valence-electron chi connectivity index (χ0n) is 11.0. The van der Waals surface area contributed by atoms with Gasteiger partial charge in [0.05, 0.1) is 0 Å². The predicted molar refractivity (Wildman–Crippen MR) is 79.2 cm³/mol. The number of carboxylic acids is 1. The third-order valence-corrected chi connectivity index (χ3v) is 3.26. The zero-order valence-corrected chi connectivity index (χ0v) is 12.6. The molecule has 1 aromatic rings. The predicted octanol–water partition coefficient (Wildman–Crippen LogP) is 1.72. The van der Waals surface area contributed by atoms with Crippen molar-refractivity contribution in [2.24, 2.45) is 0 Å². The second-order valence-corrected chi connectivity index (χ2v) is 5.15. The van der Waals surface area contributed by atoms with Gasteiger partial charge in [0.1, 0.15) is 0 Å². The lowest BCUT2D eigenvalue weighted by molar-refractivity contribution is -0.147. The van der Waals surface area contributed by atoms with E-state index in [9.17, 15) is 9.59 Å². The fraction of sp³-hybridized carbons (Fsp3) is 0.286. The SMILES string of the molecule is Cc1ccc(/C=C/C(=O)NCC[C@H](O)C(=O)O)c(Br)c1. The van der Waals surface area contributed by atoms with Crippen LogP contribution in [0.4, 0.5) is 0 Å². The van der Waals surface area contributed by atoms with Crippen molar-refractivity contribution in [3.05, 3.63) is 39.9 Å². The molecule has 0 bridgehead atoms. The largest absolute Gasteiger partial charge is 0.479 e. The topological polar surface area (TPSA) is 86.6 Å². The number of carboxylic acid groups (broad SMARTS) is 1. The highest BCUT2D eigenvalue weighted by atomic mass is 79.9. The average Bonchev–Trinajstić information content (AvgIpc) is 2.37. The standard InChI is InChI=1S/C14H16BrNO4/c1-9-2-3-10(11(15)8-9)4-5-13(18)16-7-6-12(17)14(19)20/h2-5,8,12,17H,6-7H2,1H3,(H,16,18)(H,19,20)/b5-4+/t12-/m0/s1. The molecule has 3 N–H and O–H groups in total. The van der Waals surface area contributed by atoms with Gasteiger partial charge in [-0.05, 0) is 30.2 Å². The van der Waals surface area contributed by atoms with Gasteiger partial charge >= 0.3 is 5.97 Å². The smallest absolute Gasteiger partial charge is 0.332 e. The molecule has 1 rings (SSSR count). The first-order chi connectivity index (χ1) is 9.40. The number of hydrogen-bond donors (Lipinski definition) is 3. The fourth-order valence-corrected chi connectivity index (χ4v) is 2.07. The summed E-state index contributed by atoms with van der Waals surface area (Å²) < 4.78 is 0.892. The normalized spacial score (nSPS) is 12.3. The Morgan fingerprint density at radius 3 is 2.75 bits per heavy atom. The van der Waals surface area contributed by atoms with E-state index in [2.05, 4.69) is 21.2 Å². The van der Waals surface area contributed by atoms with Gasteiger partial charge in [-0.25, -0.2) is 4.79 Å². The molecule has 0 fully saturated rings. The number of aliphatic hydroxyl groups excluding tert-OH is 1. The number of aryl methyl sites for hydroxylation is 1. The molecule has 0 spiro atoms. The van der Waals surface area contributed by atoms with Crippen molar-refractivity contribution in [1.29, 1.82) is 0 Å². The van der Waals surface area contributed by atoms with Gasteiger partial charge in [-0.1, -0.05) is 28.1 Å². The van der Waals surface area contributed by atoms with Crippen molar-refractivity contribution in [2.75, 3.05) is 6.54 Å². The number of aliphatic hydroxyl groups is 1. The molecular weight excluding hydrogens is 326 g/mol. The molecule has 0 saturated heterocycles. The van der Waals surface area contributed by atoms with Crippen LogP contribution in [-0.4, -0.2) is 34.7 Å². The molecule has 0 saturated carbocycles. The van der Waals surface area contributed by atoms with Crippen LogP contribution < -0.4 is 5.32 Å². The molecule has 20 heavy (non-hydrogen) atoms. The van der Waals surface area contributed by atoms with Crippen LogP contribution in [0.5, 0.6) is 0 Å². The molecule has 0 aromatic heterocycles.